The fraction of sp³-hybridized carbons (Fsp3) is 1.00. The van der Waals surface area contributed by atoms with Crippen molar-refractivity contribution >= 4 is 0 Å². The van der Waals surface area contributed by atoms with Crippen LogP contribution in [0.25, 0.3) is 0 Å². The zero-order valence-electron chi connectivity index (χ0n) is 12.2. The Hall–Kier alpha value is -0.120. The Morgan fingerprint density at radius 2 is 1.94 bits per heavy atom. The molecule has 3 heteroatoms. The quantitative estimate of drug-likeness (QED) is 0.771. The smallest absolute Gasteiger partial charge is 0.0674 e. The van der Waals surface area contributed by atoms with Crippen molar-refractivity contribution in [2.45, 2.75) is 46.8 Å². The fourth-order valence-corrected chi connectivity index (χ4v) is 2.45. The molecule has 2 unspecified atom stereocenters. The summed E-state index contributed by atoms with van der Waals surface area (Å²) in [6.45, 7) is 16.6. The minimum absolute atomic E-state index is 0.384. The van der Waals surface area contributed by atoms with Crippen LogP contribution in [0.2, 0.25) is 0 Å². The van der Waals surface area contributed by atoms with Crippen LogP contribution in [0.3, 0.4) is 0 Å². The second-order valence-corrected chi connectivity index (χ2v) is 6.04. The van der Waals surface area contributed by atoms with Crippen molar-refractivity contribution in [1.82, 2.24) is 10.2 Å². The van der Waals surface area contributed by atoms with Crippen LogP contribution in [-0.2, 0) is 4.74 Å². The van der Waals surface area contributed by atoms with Gasteiger partial charge in [-0.25, -0.2) is 0 Å². The maximum Gasteiger partial charge on any atom is 0.0674 e. The maximum atomic E-state index is 5.62. The third-order valence-corrected chi connectivity index (χ3v) is 3.42. The molecule has 1 fully saturated rings. The first-order valence-corrected chi connectivity index (χ1v) is 7.07. The zero-order valence-corrected chi connectivity index (χ0v) is 12.2. The van der Waals surface area contributed by atoms with E-state index in [1.807, 2.05) is 0 Å². The van der Waals surface area contributed by atoms with Crippen LogP contribution < -0.4 is 5.32 Å². The second kappa shape index (κ2) is 7.34. The van der Waals surface area contributed by atoms with E-state index in [1.54, 1.807) is 0 Å². The Morgan fingerprint density at radius 3 is 2.47 bits per heavy atom. The topological polar surface area (TPSA) is 24.5 Å². The van der Waals surface area contributed by atoms with Crippen LogP contribution in [-0.4, -0.2) is 49.8 Å². The van der Waals surface area contributed by atoms with E-state index in [9.17, 15) is 0 Å². The summed E-state index contributed by atoms with van der Waals surface area (Å²) in [5.41, 5.74) is 0. The van der Waals surface area contributed by atoms with E-state index in [1.165, 1.54) is 0 Å². The molecule has 0 saturated carbocycles. The van der Waals surface area contributed by atoms with Crippen LogP contribution in [0.4, 0.5) is 0 Å². The Bertz CT molecular complexity index is 206. The molecule has 1 aliphatic heterocycles. The van der Waals surface area contributed by atoms with Gasteiger partial charge >= 0.3 is 0 Å². The van der Waals surface area contributed by atoms with Crippen molar-refractivity contribution < 1.29 is 4.74 Å². The number of ether oxygens (including phenoxy) is 1. The van der Waals surface area contributed by atoms with Gasteiger partial charge in [0.05, 0.1) is 12.7 Å². The van der Waals surface area contributed by atoms with Gasteiger partial charge in [-0.3, -0.25) is 4.90 Å². The minimum Gasteiger partial charge on any atom is -0.376 e. The summed E-state index contributed by atoms with van der Waals surface area (Å²) in [5.74, 6) is 1.42. The lowest BCUT2D eigenvalue weighted by molar-refractivity contribution is -0.0407. The van der Waals surface area contributed by atoms with Crippen LogP contribution in [0.1, 0.15) is 34.6 Å². The SMILES string of the molecule is CC(C)CNCC(C(C)C)N1CCOC(C)C1. The lowest BCUT2D eigenvalue weighted by Crippen LogP contribution is -2.52. The van der Waals surface area contributed by atoms with Crippen LogP contribution in [0, 0.1) is 11.8 Å². The van der Waals surface area contributed by atoms with E-state index < -0.39 is 0 Å². The molecule has 2 atom stereocenters. The normalized spacial score (nSPS) is 24.5. The highest BCUT2D eigenvalue weighted by molar-refractivity contribution is 4.81. The van der Waals surface area contributed by atoms with Crippen LogP contribution in [0.15, 0.2) is 0 Å². The molecule has 1 saturated heterocycles. The van der Waals surface area contributed by atoms with E-state index in [-0.39, 0.29) is 0 Å². The molecular weight excluding hydrogens is 212 g/mol. The van der Waals surface area contributed by atoms with E-state index >= 15 is 0 Å². The summed E-state index contributed by atoms with van der Waals surface area (Å²) < 4.78 is 5.62. The molecule has 0 amide bonds. The van der Waals surface area contributed by atoms with Crippen molar-refractivity contribution in [2.24, 2.45) is 11.8 Å². The van der Waals surface area contributed by atoms with Gasteiger partial charge in [0.2, 0.25) is 0 Å². The van der Waals surface area contributed by atoms with Gasteiger partial charge in [-0.1, -0.05) is 27.7 Å². The summed E-state index contributed by atoms with van der Waals surface area (Å²) >= 11 is 0. The molecule has 17 heavy (non-hydrogen) atoms. The first kappa shape index (κ1) is 14.9. The Morgan fingerprint density at radius 1 is 1.24 bits per heavy atom. The number of nitrogens with zero attached hydrogens (tertiary/aromatic N) is 1. The van der Waals surface area contributed by atoms with Crippen molar-refractivity contribution in [2.75, 3.05) is 32.8 Å². The average Bonchev–Trinajstić information content (AvgIpc) is 2.23. The van der Waals surface area contributed by atoms with Crippen molar-refractivity contribution in [3.05, 3.63) is 0 Å². The first-order chi connectivity index (χ1) is 8.00. The van der Waals surface area contributed by atoms with E-state index in [2.05, 4.69) is 44.8 Å². The summed E-state index contributed by atoms with van der Waals surface area (Å²) in [5, 5.41) is 3.60. The molecule has 102 valence electrons. The molecule has 1 aliphatic rings. The van der Waals surface area contributed by atoms with Gasteiger partial charge in [-0.05, 0) is 25.3 Å². The van der Waals surface area contributed by atoms with Crippen molar-refractivity contribution in [3.8, 4) is 0 Å². The number of hydrogen-bond acceptors (Lipinski definition) is 3. The Labute approximate surface area is 107 Å². The van der Waals surface area contributed by atoms with E-state index in [4.69, 9.17) is 4.74 Å². The first-order valence-electron chi connectivity index (χ1n) is 7.07. The van der Waals surface area contributed by atoms with Gasteiger partial charge < -0.3 is 10.1 Å². The highest BCUT2D eigenvalue weighted by Crippen LogP contribution is 2.14. The minimum atomic E-state index is 0.384. The van der Waals surface area contributed by atoms with Gasteiger partial charge in [-0.15, -0.1) is 0 Å². The molecule has 1 N–H and O–H groups in total. The highest BCUT2D eigenvalue weighted by atomic mass is 16.5. The predicted molar refractivity (Wildman–Crippen MR) is 73.3 cm³/mol. The van der Waals surface area contributed by atoms with Gasteiger partial charge in [0.25, 0.3) is 0 Å². The number of nitrogens with one attached hydrogen (secondary N) is 1. The monoisotopic (exact) mass is 242 g/mol. The van der Waals surface area contributed by atoms with Crippen LogP contribution >= 0.6 is 0 Å². The van der Waals surface area contributed by atoms with Gasteiger partial charge in [0, 0.05) is 25.7 Å². The van der Waals surface area contributed by atoms with Crippen molar-refractivity contribution in [3.63, 3.8) is 0 Å². The number of rotatable bonds is 6. The molecule has 0 radical (unpaired) electrons. The maximum absolute atomic E-state index is 5.62. The molecule has 0 aromatic rings. The Balaban J connectivity index is 2.41. The molecule has 0 aromatic heterocycles. The van der Waals surface area contributed by atoms with Gasteiger partial charge in [-0.2, -0.15) is 0 Å². The van der Waals surface area contributed by atoms with E-state index in [0.29, 0.717) is 18.1 Å². The molecule has 0 aliphatic carbocycles. The van der Waals surface area contributed by atoms with Gasteiger partial charge in [0.1, 0.15) is 0 Å². The fourth-order valence-electron chi connectivity index (χ4n) is 2.45. The average molecular weight is 242 g/mol. The zero-order chi connectivity index (χ0) is 12.8. The lowest BCUT2D eigenvalue weighted by atomic mass is 10.0. The van der Waals surface area contributed by atoms with Crippen molar-refractivity contribution in [1.29, 1.82) is 0 Å². The summed E-state index contributed by atoms with van der Waals surface area (Å²) in [6, 6.07) is 0.639. The third kappa shape index (κ3) is 5.36. The van der Waals surface area contributed by atoms with Gasteiger partial charge in [0.15, 0.2) is 0 Å². The molecule has 1 heterocycles. The molecule has 1 rings (SSSR count). The third-order valence-electron chi connectivity index (χ3n) is 3.42. The summed E-state index contributed by atoms with van der Waals surface area (Å²) in [7, 11) is 0. The van der Waals surface area contributed by atoms with E-state index in [0.717, 1.165) is 38.7 Å². The molecular formula is C14H30N2O. The molecule has 0 spiro atoms. The predicted octanol–water partition coefficient (Wildman–Crippen LogP) is 1.98. The largest absolute Gasteiger partial charge is 0.376 e. The molecule has 3 nitrogen and oxygen atoms in total. The Kier molecular flexibility index (Phi) is 6.45. The standard InChI is InChI=1S/C14H30N2O/c1-11(2)8-15-9-14(12(3)4)16-6-7-17-13(5)10-16/h11-15H,6-10H2,1-5H3. The summed E-state index contributed by atoms with van der Waals surface area (Å²) in [6.07, 6.45) is 0.384. The summed E-state index contributed by atoms with van der Waals surface area (Å²) in [4.78, 5) is 2.59. The lowest BCUT2D eigenvalue weighted by Gasteiger charge is -2.39. The molecule has 0 bridgehead atoms. The van der Waals surface area contributed by atoms with Crippen LogP contribution in [0.5, 0.6) is 0 Å². The number of morpholine rings is 1. The molecule has 0 aromatic carbocycles. The second-order valence-electron chi connectivity index (χ2n) is 6.04. The highest BCUT2D eigenvalue weighted by Gasteiger charge is 2.26. The number of hydrogen-bond donors (Lipinski definition) is 1.